The molecule has 0 unspecified atom stereocenters. The summed E-state index contributed by atoms with van der Waals surface area (Å²) in [5.41, 5.74) is 1.85. The van der Waals surface area contributed by atoms with Gasteiger partial charge in [-0.2, -0.15) is 4.98 Å². The van der Waals surface area contributed by atoms with Gasteiger partial charge in [0.1, 0.15) is 0 Å². The molecule has 1 fully saturated rings. The number of esters is 1. The van der Waals surface area contributed by atoms with Crippen molar-refractivity contribution in [1.29, 1.82) is 0 Å². The largest absolute Gasteiger partial charge is 0.465 e. The lowest BCUT2D eigenvalue weighted by atomic mass is 9.90. The molecule has 6 heteroatoms. The van der Waals surface area contributed by atoms with Gasteiger partial charge in [-0.05, 0) is 49.8 Å². The molecule has 0 spiro atoms. The summed E-state index contributed by atoms with van der Waals surface area (Å²) in [6.07, 6.45) is 3.22. The van der Waals surface area contributed by atoms with Crippen LogP contribution in [0.1, 0.15) is 34.6 Å². The van der Waals surface area contributed by atoms with Crippen LogP contribution in [-0.4, -0.2) is 36.3 Å². The van der Waals surface area contributed by atoms with Gasteiger partial charge in [0.25, 0.3) is 0 Å². The molecule has 0 amide bonds. The number of benzene rings is 1. The summed E-state index contributed by atoms with van der Waals surface area (Å²) >= 11 is 0. The molecule has 2 heterocycles. The lowest BCUT2D eigenvalue weighted by Crippen LogP contribution is -2.34. The van der Waals surface area contributed by atoms with E-state index in [4.69, 9.17) is 9.26 Å². The van der Waals surface area contributed by atoms with E-state index < -0.39 is 0 Å². The third-order valence-electron chi connectivity index (χ3n) is 4.30. The van der Waals surface area contributed by atoms with E-state index in [-0.39, 0.29) is 5.97 Å². The molecule has 2 aromatic rings. The predicted molar refractivity (Wildman–Crippen MR) is 85.5 cm³/mol. The number of methoxy groups -OCH3 is 1. The van der Waals surface area contributed by atoms with Crippen LogP contribution < -0.4 is 4.90 Å². The minimum atomic E-state index is -0.292. The van der Waals surface area contributed by atoms with Gasteiger partial charge in [0.05, 0.1) is 12.7 Å². The first kappa shape index (κ1) is 15.5. The molecule has 0 aliphatic carbocycles. The SMILES string of the molecule is COC(=O)c1ccc(CC2CCN(c3nc(C)no3)CC2)cc1. The van der Waals surface area contributed by atoms with Crippen LogP contribution in [0.2, 0.25) is 0 Å². The average molecular weight is 315 g/mol. The zero-order valence-corrected chi connectivity index (χ0v) is 13.5. The molecule has 1 aliphatic heterocycles. The Kier molecular flexibility index (Phi) is 4.60. The fourth-order valence-corrected chi connectivity index (χ4v) is 2.97. The monoisotopic (exact) mass is 315 g/mol. The average Bonchev–Trinajstić information content (AvgIpc) is 3.02. The van der Waals surface area contributed by atoms with Crippen molar-refractivity contribution in [2.45, 2.75) is 26.2 Å². The van der Waals surface area contributed by atoms with Gasteiger partial charge in [0.15, 0.2) is 5.82 Å². The Labute approximate surface area is 135 Å². The minimum absolute atomic E-state index is 0.292. The molecule has 23 heavy (non-hydrogen) atoms. The van der Waals surface area contributed by atoms with Crippen molar-refractivity contribution < 1.29 is 14.1 Å². The first-order valence-electron chi connectivity index (χ1n) is 7.88. The molecular weight excluding hydrogens is 294 g/mol. The summed E-state index contributed by atoms with van der Waals surface area (Å²) in [6, 6.07) is 8.32. The second kappa shape index (κ2) is 6.81. The van der Waals surface area contributed by atoms with Gasteiger partial charge in [0, 0.05) is 13.1 Å². The number of carbonyl (C=O) groups excluding carboxylic acids is 1. The molecule has 0 N–H and O–H groups in total. The highest BCUT2D eigenvalue weighted by Crippen LogP contribution is 2.25. The predicted octanol–water partition coefficient (Wildman–Crippen LogP) is 2.62. The molecule has 1 aromatic heterocycles. The third-order valence-corrected chi connectivity index (χ3v) is 4.30. The van der Waals surface area contributed by atoms with E-state index >= 15 is 0 Å². The Bertz CT molecular complexity index is 658. The van der Waals surface area contributed by atoms with Gasteiger partial charge >= 0.3 is 12.0 Å². The van der Waals surface area contributed by atoms with E-state index in [2.05, 4.69) is 15.0 Å². The van der Waals surface area contributed by atoms with Crippen LogP contribution in [0.25, 0.3) is 0 Å². The molecule has 0 saturated carbocycles. The Balaban J connectivity index is 1.53. The quantitative estimate of drug-likeness (QED) is 0.808. The summed E-state index contributed by atoms with van der Waals surface area (Å²) in [4.78, 5) is 17.9. The molecular formula is C17H21N3O3. The van der Waals surface area contributed by atoms with Crippen LogP contribution in [0, 0.1) is 12.8 Å². The first-order chi connectivity index (χ1) is 11.2. The Morgan fingerprint density at radius 2 is 2.00 bits per heavy atom. The highest BCUT2D eigenvalue weighted by atomic mass is 16.5. The van der Waals surface area contributed by atoms with Crippen molar-refractivity contribution in [1.82, 2.24) is 10.1 Å². The second-order valence-corrected chi connectivity index (χ2v) is 5.95. The van der Waals surface area contributed by atoms with E-state index in [1.54, 1.807) is 0 Å². The Morgan fingerprint density at radius 3 is 2.57 bits per heavy atom. The number of carbonyl (C=O) groups is 1. The van der Waals surface area contributed by atoms with Crippen molar-refractivity contribution in [2.75, 3.05) is 25.1 Å². The maximum Gasteiger partial charge on any atom is 0.337 e. The molecule has 1 aliphatic rings. The van der Waals surface area contributed by atoms with E-state index in [0.717, 1.165) is 32.4 Å². The number of aromatic nitrogens is 2. The van der Waals surface area contributed by atoms with Crippen LogP contribution in [0.15, 0.2) is 28.8 Å². The number of hydrogen-bond donors (Lipinski definition) is 0. The number of ether oxygens (including phenoxy) is 1. The topological polar surface area (TPSA) is 68.5 Å². The first-order valence-corrected chi connectivity index (χ1v) is 7.88. The number of nitrogens with zero attached hydrogens (tertiary/aromatic N) is 3. The normalized spacial score (nSPS) is 15.7. The van der Waals surface area contributed by atoms with Crippen molar-refractivity contribution in [2.24, 2.45) is 5.92 Å². The minimum Gasteiger partial charge on any atom is -0.465 e. The lowest BCUT2D eigenvalue weighted by Gasteiger charge is -2.30. The van der Waals surface area contributed by atoms with Gasteiger partial charge in [-0.15, -0.1) is 0 Å². The summed E-state index contributed by atoms with van der Waals surface area (Å²) in [5, 5.41) is 3.84. The zero-order chi connectivity index (χ0) is 16.2. The fraction of sp³-hybridized carbons (Fsp3) is 0.471. The number of piperidine rings is 1. The summed E-state index contributed by atoms with van der Waals surface area (Å²) in [7, 11) is 1.40. The standard InChI is InChI=1S/C17H21N3O3/c1-12-18-17(23-19-12)20-9-7-14(8-10-20)11-13-3-5-15(6-4-13)16(21)22-2/h3-6,14H,7-11H2,1-2H3. The number of hydrogen-bond acceptors (Lipinski definition) is 6. The second-order valence-electron chi connectivity index (χ2n) is 5.95. The van der Waals surface area contributed by atoms with E-state index in [9.17, 15) is 4.79 Å². The van der Waals surface area contributed by atoms with Gasteiger partial charge in [0.2, 0.25) is 0 Å². The summed E-state index contributed by atoms with van der Waals surface area (Å²) < 4.78 is 9.94. The summed E-state index contributed by atoms with van der Waals surface area (Å²) in [5.74, 6) is 1.02. The van der Waals surface area contributed by atoms with Crippen LogP contribution in [-0.2, 0) is 11.2 Å². The third kappa shape index (κ3) is 3.70. The molecule has 6 nitrogen and oxygen atoms in total. The maximum absolute atomic E-state index is 11.4. The van der Waals surface area contributed by atoms with Crippen LogP contribution >= 0.6 is 0 Å². The molecule has 3 rings (SSSR count). The smallest absolute Gasteiger partial charge is 0.337 e. The van der Waals surface area contributed by atoms with Crippen molar-refractivity contribution >= 4 is 12.0 Å². The van der Waals surface area contributed by atoms with Crippen LogP contribution in [0.5, 0.6) is 0 Å². The van der Waals surface area contributed by atoms with Gasteiger partial charge in [-0.25, -0.2) is 4.79 Å². The highest BCUT2D eigenvalue weighted by molar-refractivity contribution is 5.89. The summed E-state index contributed by atoms with van der Waals surface area (Å²) in [6.45, 7) is 3.71. The van der Waals surface area contributed by atoms with E-state index in [0.29, 0.717) is 23.3 Å². The number of rotatable bonds is 4. The van der Waals surface area contributed by atoms with Gasteiger partial charge < -0.3 is 14.2 Å². The molecule has 1 aromatic carbocycles. The molecule has 0 bridgehead atoms. The van der Waals surface area contributed by atoms with Crippen LogP contribution in [0.4, 0.5) is 6.01 Å². The van der Waals surface area contributed by atoms with E-state index in [1.807, 2.05) is 31.2 Å². The maximum atomic E-state index is 11.4. The Hall–Kier alpha value is -2.37. The van der Waals surface area contributed by atoms with Crippen molar-refractivity contribution in [3.63, 3.8) is 0 Å². The molecule has 0 radical (unpaired) electrons. The zero-order valence-electron chi connectivity index (χ0n) is 13.5. The number of anilines is 1. The van der Waals surface area contributed by atoms with Crippen molar-refractivity contribution in [3.05, 3.63) is 41.2 Å². The van der Waals surface area contributed by atoms with E-state index in [1.165, 1.54) is 12.7 Å². The molecule has 1 saturated heterocycles. The van der Waals surface area contributed by atoms with Gasteiger partial charge in [-0.1, -0.05) is 17.3 Å². The van der Waals surface area contributed by atoms with Gasteiger partial charge in [-0.3, -0.25) is 0 Å². The Morgan fingerprint density at radius 1 is 1.30 bits per heavy atom. The highest BCUT2D eigenvalue weighted by Gasteiger charge is 2.22. The molecule has 122 valence electrons. The fourth-order valence-electron chi connectivity index (χ4n) is 2.97. The molecule has 0 atom stereocenters. The van der Waals surface area contributed by atoms with Crippen LogP contribution in [0.3, 0.4) is 0 Å². The lowest BCUT2D eigenvalue weighted by molar-refractivity contribution is 0.0600. The van der Waals surface area contributed by atoms with Crippen molar-refractivity contribution in [3.8, 4) is 0 Å². The number of aryl methyl sites for hydroxylation is 1.